The van der Waals surface area contributed by atoms with E-state index in [1.54, 1.807) is 6.92 Å². The van der Waals surface area contributed by atoms with Crippen LogP contribution in [-0.4, -0.2) is 21.2 Å². The van der Waals surface area contributed by atoms with Gasteiger partial charge in [-0.2, -0.15) is 12.6 Å². The van der Waals surface area contributed by atoms with Crippen LogP contribution >= 0.6 is 12.6 Å². The minimum Gasteiger partial charge on any atom is -0.389 e. The Morgan fingerprint density at radius 1 is 1.50 bits per heavy atom. The fourth-order valence-corrected chi connectivity index (χ4v) is 3.57. The van der Waals surface area contributed by atoms with Crippen molar-refractivity contribution in [2.24, 2.45) is 11.8 Å². The second-order valence-corrected chi connectivity index (χ2v) is 7.23. The number of ketones is 1. The number of carbonyl (C=O) groups excluding carboxylic acids is 1. The first-order chi connectivity index (χ1) is 7.15. The van der Waals surface area contributed by atoms with Crippen LogP contribution in [0, 0.1) is 11.8 Å². The highest BCUT2D eigenvalue weighted by molar-refractivity contribution is 7.81. The molecule has 0 aromatic heterocycles. The highest BCUT2D eigenvalue weighted by atomic mass is 32.1. The molecule has 0 saturated heterocycles. The Balaban J connectivity index is 2.92. The van der Waals surface area contributed by atoms with Crippen LogP contribution in [-0.2, 0) is 4.79 Å². The zero-order valence-corrected chi connectivity index (χ0v) is 11.7. The second-order valence-electron chi connectivity index (χ2n) is 6.08. The number of aliphatic hydroxyl groups is 1. The molecule has 16 heavy (non-hydrogen) atoms. The van der Waals surface area contributed by atoms with Gasteiger partial charge in [-0.25, -0.2) is 0 Å². The first-order valence-corrected chi connectivity index (χ1v) is 6.54. The standard InChI is InChI=1S/C13H24O2S/c1-9-5-6-11(12(3,4)16)13(15,7-9)8-10(2)14/h9,11,15-16H,5-8H2,1-4H3/t9-,11+,13-/m1/s1. The van der Waals surface area contributed by atoms with E-state index >= 15 is 0 Å². The zero-order chi connectivity index (χ0) is 12.6. The Morgan fingerprint density at radius 3 is 2.50 bits per heavy atom. The van der Waals surface area contributed by atoms with Gasteiger partial charge in [-0.1, -0.05) is 27.2 Å². The van der Waals surface area contributed by atoms with Gasteiger partial charge >= 0.3 is 0 Å². The van der Waals surface area contributed by atoms with Gasteiger partial charge in [0.1, 0.15) is 5.78 Å². The van der Waals surface area contributed by atoms with Gasteiger partial charge in [0.05, 0.1) is 5.60 Å². The Labute approximate surface area is 104 Å². The van der Waals surface area contributed by atoms with E-state index in [0.29, 0.717) is 5.92 Å². The van der Waals surface area contributed by atoms with Crippen molar-refractivity contribution >= 4 is 18.4 Å². The third-order valence-corrected chi connectivity index (χ3v) is 4.02. The molecule has 1 aliphatic rings. The van der Waals surface area contributed by atoms with Gasteiger partial charge in [0.25, 0.3) is 0 Å². The molecule has 3 heteroatoms. The number of carbonyl (C=O) groups is 1. The molecule has 0 bridgehead atoms. The third kappa shape index (κ3) is 3.24. The highest BCUT2D eigenvalue weighted by Gasteiger charge is 2.47. The van der Waals surface area contributed by atoms with Crippen molar-refractivity contribution in [1.29, 1.82) is 0 Å². The summed E-state index contributed by atoms with van der Waals surface area (Å²) in [6.07, 6.45) is 3.07. The van der Waals surface area contributed by atoms with Crippen molar-refractivity contribution in [3.05, 3.63) is 0 Å². The summed E-state index contributed by atoms with van der Waals surface area (Å²) in [4.78, 5) is 11.3. The molecule has 1 N–H and O–H groups in total. The SMILES string of the molecule is CC(=O)C[C@]1(O)C[C@H](C)CC[C@H]1C(C)(C)S. The van der Waals surface area contributed by atoms with Crippen LogP contribution in [0.3, 0.4) is 0 Å². The fraction of sp³-hybridized carbons (Fsp3) is 0.923. The van der Waals surface area contributed by atoms with E-state index < -0.39 is 5.60 Å². The monoisotopic (exact) mass is 244 g/mol. The quantitative estimate of drug-likeness (QED) is 0.749. The summed E-state index contributed by atoms with van der Waals surface area (Å²) >= 11 is 4.59. The molecule has 1 saturated carbocycles. The maximum atomic E-state index is 11.3. The van der Waals surface area contributed by atoms with Crippen molar-refractivity contribution in [3.8, 4) is 0 Å². The van der Waals surface area contributed by atoms with Gasteiger partial charge in [0.2, 0.25) is 0 Å². The minimum absolute atomic E-state index is 0.0687. The predicted octanol–water partition coefficient (Wildman–Crippen LogP) is 2.84. The normalized spacial score (nSPS) is 36.1. The Morgan fingerprint density at radius 2 is 2.06 bits per heavy atom. The molecule has 0 aromatic carbocycles. The van der Waals surface area contributed by atoms with E-state index in [9.17, 15) is 9.90 Å². The summed E-state index contributed by atoms with van der Waals surface area (Å²) < 4.78 is -0.232. The molecule has 3 atom stereocenters. The number of thiol groups is 1. The molecule has 2 nitrogen and oxygen atoms in total. The number of hydrogen-bond acceptors (Lipinski definition) is 3. The average Bonchev–Trinajstić information content (AvgIpc) is 1.97. The molecule has 0 radical (unpaired) electrons. The lowest BCUT2D eigenvalue weighted by Gasteiger charge is -2.47. The number of hydrogen-bond donors (Lipinski definition) is 2. The lowest BCUT2D eigenvalue weighted by atomic mass is 9.65. The first-order valence-electron chi connectivity index (χ1n) is 6.09. The zero-order valence-electron chi connectivity index (χ0n) is 10.8. The van der Waals surface area contributed by atoms with Crippen molar-refractivity contribution in [2.45, 2.75) is 63.7 Å². The summed E-state index contributed by atoms with van der Waals surface area (Å²) in [7, 11) is 0. The second kappa shape index (κ2) is 4.69. The van der Waals surface area contributed by atoms with Crippen LogP contribution in [0.1, 0.15) is 53.4 Å². The third-order valence-electron chi connectivity index (χ3n) is 3.71. The summed E-state index contributed by atoms with van der Waals surface area (Å²) in [5.74, 6) is 0.666. The van der Waals surface area contributed by atoms with Gasteiger partial charge in [0, 0.05) is 17.1 Å². The number of Topliss-reactive ketones (excluding diaryl/α,β-unsaturated/α-hetero) is 1. The Bertz CT molecular complexity index is 270. The molecule has 0 aliphatic heterocycles. The predicted molar refractivity (Wildman–Crippen MR) is 69.8 cm³/mol. The molecule has 1 aliphatic carbocycles. The molecule has 0 amide bonds. The van der Waals surface area contributed by atoms with Crippen molar-refractivity contribution < 1.29 is 9.90 Å². The average molecular weight is 244 g/mol. The molecular weight excluding hydrogens is 220 g/mol. The molecule has 1 fully saturated rings. The molecule has 0 spiro atoms. The highest BCUT2D eigenvalue weighted by Crippen LogP contribution is 2.46. The van der Waals surface area contributed by atoms with Gasteiger partial charge < -0.3 is 5.11 Å². The maximum absolute atomic E-state index is 11.3. The first kappa shape index (κ1) is 14.0. The Kier molecular flexibility index (Phi) is 4.12. The van der Waals surface area contributed by atoms with E-state index in [2.05, 4.69) is 19.6 Å². The lowest BCUT2D eigenvalue weighted by molar-refractivity contribution is -0.130. The summed E-state index contributed by atoms with van der Waals surface area (Å²) in [5.41, 5.74) is -0.852. The minimum atomic E-state index is -0.852. The van der Waals surface area contributed by atoms with Crippen LogP contribution in [0.2, 0.25) is 0 Å². The fourth-order valence-electron chi connectivity index (χ4n) is 3.20. The van der Waals surface area contributed by atoms with Crippen LogP contribution in [0.15, 0.2) is 0 Å². The largest absolute Gasteiger partial charge is 0.389 e. The van der Waals surface area contributed by atoms with E-state index in [1.165, 1.54) is 0 Å². The van der Waals surface area contributed by atoms with Crippen LogP contribution in [0.25, 0.3) is 0 Å². The molecule has 94 valence electrons. The van der Waals surface area contributed by atoms with E-state index in [1.807, 2.05) is 13.8 Å². The van der Waals surface area contributed by atoms with Gasteiger partial charge in [-0.05, 0) is 25.7 Å². The van der Waals surface area contributed by atoms with Crippen molar-refractivity contribution in [2.75, 3.05) is 0 Å². The van der Waals surface area contributed by atoms with E-state index in [0.717, 1.165) is 19.3 Å². The molecule has 0 aromatic rings. The van der Waals surface area contributed by atoms with Crippen molar-refractivity contribution in [1.82, 2.24) is 0 Å². The van der Waals surface area contributed by atoms with E-state index in [4.69, 9.17) is 0 Å². The van der Waals surface area contributed by atoms with Gasteiger partial charge in [-0.3, -0.25) is 4.79 Å². The molecule has 0 unspecified atom stereocenters. The lowest BCUT2D eigenvalue weighted by Crippen LogP contribution is -2.51. The topological polar surface area (TPSA) is 37.3 Å². The van der Waals surface area contributed by atoms with Crippen LogP contribution in [0.5, 0.6) is 0 Å². The summed E-state index contributed by atoms with van der Waals surface area (Å²) in [6, 6.07) is 0. The van der Waals surface area contributed by atoms with Gasteiger partial charge in [0.15, 0.2) is 0 Å². The van der Waals surface area contributed by atoms with Crippen LogP contribution < -0.4 is 0 Å². The maximum Gasteiger partial charge on any atom is 0.132 e. The molecule has 1 rings (SSSR count). The van der Waals surface area contributed by atoms with Gasteiger partial charge in [-0.15, -0.1) is 0 Å². The Hall–Kier alpha value is -0.0200. The smallest absolute Gasteiger partial charge is 0.132 e. The molecular formula is C13H24O2S. The van der Waals surface area contributed by atoms with Crippen LogP contribution in [0.4, 0.5) is 0 Å². The molecule has 0 heterocycles. The summed E-state index contributed by atoms with van der Waals surface area (Å²) in [5, 5.41) is 10.7. The summed E-state index contributed by atoms with van der Waals surface area (Å²) in [6.45, 7) is 7.76. The number of rotatable bonds is 3. The van der Waals surface area contributed by atoms with E-state index in [-0.39, 0.29) is 22.9 Å². The van der Waals surface area contributed by atoms with Crippen molar-refractivity contribution in [3.63, 3.8) is 0 Å².